The Hall–Kier alpha value is -2.29. The zero-order valence-electron chi connectivity index (χ0n) is 10.6. The fourth-order valence-electron chi connectivity index (χ4n) is 1.57. The maximum absolute atomic E-state index is 13.1. The summed E-state index contributed by atoms with van der Waals surface area (Å²) >= 11 is 3.16. The molecule has 1 aromatic carbocycles. The zero-order valence-corrected chi connectivity index (χ0v) is 12.2. The van der Waals surface area contributed by atoms with Crippen LogP contribution >= 0.6 is 15.9 Å². The van der Waals surface area contributed by atoms with Crippen LogP contribution in [0.5, 0.6) is 0 Å². The van der Waals surface area contributed by atoms with Gasteiger partial charge in [0.15, 0.2) is 0 Å². The molecule has 0 unspecified atom stereocenters. The summed E-state index contributed by atoms with van der Waals surface area (Å²) in [6.07, 6.45) is 1.41. The number of carboxylic acid groups (broad SMARTS) is 1. The second-order valence-electron chi connectivity index (χ2n) is 4.11. The van der Waals surface area contributed by atoms with E-state index in [9.17, 15) is 14.0 Å². The van der Waals surface area contributed by atoms with E-state index < -0.39 is 17.7 Å². The van der Waals surface area contributed by atoms with Crippen LogP contribution in [0.25, 0.3) is 0 Å². The molecule has 0 aliphatic carbocycles. The van der Waals surface area contributed by atoms with Gasteiger partial charge in [-0.25, -0.2) is 9.07 Å². The molecule has 0 bridgehead atoms. The minimum atomic E-state index is -1.04. The van der Waals surface area contributed by atoms with E-state index in [1.165, 1.54) is 18.3 Å². The molecule has 0 saturated carbocycles. The number of hydrogen-bond donors (Lipinski definition) is 2. The number of hydrogen-bond acceptors (Lipinski definition) is 4. The summed E-state index contributed by atoms with van der Waals surface area (Å²) in [5.41, 5.74) is 0.560. The third-order valence-corrected chi connectivity index (χ3v) is 3.18. The maximum Gasteiger partial charge on any atom is 0.325 e. The Morgan fingerprint density at radius 2 is 2.19 bits per heavy atom. The highest BCUT2D eigenvalue weighted by Crippen LogP contribution is 2.17. The first-order valence-electron chi connectivity index (χ1n) is 5.80. The van der Waals surface area contributed by atoms with Crippen LogP contribution in [0.3, 0.4) is 0 Å². The fraction of sp³-hybridized carbons (Fsp3) is 0.167. The summed E-state index contributed by atoms with van der Waals surface area (Å²) in [4.78, 5) is 22.4. The van der Waals surface area contributed by atoms with Gasteiger partial charge in [0, 0.05) is 4.47 Å². The molecule has 9 heteroatoms. The van der Waals surface area contributed by atoms with Gasteiger partial charge < -0.3 is 10.4 Å². The number of aromatic nitrogens is 3. The van der Waals surface area contributed by atoms with Gasteiger partial charge >= 0.3 is 5.97 Å². The number of amides is 1. The number of carboxylic acids is 1. The Bertz CT molecular complexity index is 689. The SMILES string of the molecule is O=C(O)Cn1cc(CNC(=O)c2cc(F)ccc2Br)nn1. The Balaban J connectivity index is 1.99. The molecule has 0 aliphatic rings. The number of benzene rings is 1. The lowest BCUT2D eigenvalue weighted by Gasteiger charge is -2.05. The highest BCUT2D eigenvalue weighted by Gasteiger charge is 2.12. The Labute approximate surface area is 126 Å². The van der Waals surface area contributed by atoms with Gasteiger partial charge in [-0.1, -0.05) is 5.21 Å². The topological polar surface area (TPSA) is 97.1 Å². The van der Waals surface area contributed by atoms with Crippen molar-refractivity contribution in [3.8, 4) is 0 Å². The molecule has 1 aromatic heterocycles. The number of rotatable bonds is 5. The highest BCUT2D eigenvalue weighted by molar-refractivity contribution is 9.10. The van der Waals surface area contributed by atoms with E-state index in [4.69, 9.17) is 5.11 Å². The molecule has 0 atom stereocenters. The van der Waals surface area contributed by atoms with E-state index in [2.05, 4.69) is 31.6 Å². The molecule has 0 aliphatic heterocycles. The summed E-state index contributed by atoms with van der Waals surface area (Å²) in [7, 11) is 0. The Morgan fingerprint density at radius 1 is 1.43 bits per heavy atom. The van der Waals surface area contributed by atoms with Gasteiger partial charge in [-0.05, 0) is 34.1 Å². The molecule has 0 radical (unpaired) electrons. The standard InChI is InChI=1S/C12H10BrFN4O3/c13-10-2-1-7(14)3-9(10)12(21)15-4-8-5-18(17-16-8)6-11(19)20/h1-3,5H,4,6H2,(H,15,21)(H,19,20). The first-order chi connectivity index (χ1) is 9.95. The molecule has 2 aromatic rings. The molecule has 1 amide bonds. The molecular formula is C12H10BrFN4O3. The minimum absolute atomic E-state index is 0.0570. The van der Waals surface area contributed by atoms with Crippen molar-refractivity contribution in [2.24, 2.45) is 0 Å². The van der Waals surface area contributed by atoms with Gasteiger partial charge in [0.05, 0.1) is 18.3 Å². The summed E-state index contributed by atoms with van der Waals surface area (Å²) in [6.45, 7) is -0.252. The van der Waals surface area contributed by atoms with Gasteiger partial charge in [-0.2, -0.15) is 0 Å². The smallest absolute Gasteiger partial charge is 0.325 e. The average molecular weight is 357 g/mol. The number of nitrogens with zero attached hydrogens (tertiary/aromatic N) is 3. The lowest BCUT2D eigenvalue weighted by atomic mass is 10.2. The molecule has 0 fully saturated rings. The van der Waals surface area contributed by atoms with Crippen LogP contribution in [-0.2, 0) is 17.9 Å². The van der Waals surface area contributed by atoms with Crippen molar-refractivity contribution in [1.29, 1.82) is 0 Å². The van der Waals surface area contributed by atoms with E-state index in [1.54, 1.807) is 0 Å². The van der Waals surface area contributed by atoms with Crippen LogP contribution in [0, 0.1) is 5.82 Å². The van der Waals surface area contributed by atoms with E-state index in [0.29, 0.717) is 10.2 Å². The van der Waals surface area contributed by atoms with Gasteiger partial charge in [0.2, 0.25) is 0 Å². The van der Waals surface area contributed by atoms with Crippen LogP contribution in [0.1, 0.15) is 16.1 Å². The minimum Gasteiger partial charge on any atom is -0.480 e. The first kappa shape index (κ1) is 15.1. The zero-order chi connectivity index (χ0) is 15.4. The van der Waals surface area contributed by atoms with Crippen molar-refractivity contribution in [3.63, 3.8) is 0 Å². The van der Waals surface area contributed by atoms with Crippen LogP contribution in [0.15, 0.2) is 28.9 Å². The van der Waals surface area contributed by atoms with Crippen molar-refractivity contribution < 1.29 is 19.1 Å². The summed E-state index contributed by atoms with van der Waals surface area (Å²) in [5, 5.41) is 18.5. The van der Waals surface area contributed by atoms with Crippen molar-refractivity contribution in [3.05, 3.63) is 45.9 Å². The third kappa shape index (κ3) is 4.09. The van der Waals surface area contributed by atoms with Crippen LogP contribution in [0.4, 0.5) is 4.39 Å². The molecular weight excluding hydrogens is 347 g/mol. The predicted octanol–water partition coefficient (Wildman–Crippen LogP) is 1.19. The normalized spacial score (nSPS) is 10.4. The Kier molecular flexibility index (Phi) is 4.63. The third-order valence-electron chi connectivity index (χ3n) is 2.49. The maximum atomic E-state index is 13.1. The number of nitrogens with one attached hydrogen (secondary N) is 1. The number of halogens is 2. The largest absolute Gasteiger partial charge is 0.480 e. The molecule has 21 heavy (non-hydrogen) atoms. The van der Waals surface area contributed by atoms with Crippen LogP contribution in [-0.4, -0.2) is 32.0 Å². The van der Waals surface area contributed by atoms with Crippen molar-refractivity contribution in [1.82, 2.24) is 20.3 Å². The quantitative estimate of drug-likeness (QED) is 0.838. The summed E-state index contributed by atoms with van der Waals surface area (Å²) in [5.74, 6) is -2.04. The van der Waals surface area contributed by atoms with Crippen molar-refractivity contribution >= 4 is 27.8 Å². The lowest BCUT2D eigenvalue weighted by molar-refractivity contribution is -0.137. The number of aliphatic carboxylic acids is 1. The Morgan fingerprint density at radius 3 is 2.90 bits per heavy atom. The van der Waals surface area contributed by atoms with Gasteiger partial charge in [-0.3, -0.25) is 9.59 Å². The highest BCUT2D eigenvalue weighted by atomic mass is 79.9. The number of carbonyl (C=O) groups excluding carboxylic acids is 1. The molecule has 2 rings (SSSR count). The second-order valence-corrected chi connectivity index (χ2v) is 4.96. The van der Waals surface area contributed by atoms with Crippen LogP contribution < -0.4 is 5.32 Å². The van der Waals surface area contributed by atoms with Gasteiger partial charge in [0.1, 0.15) is 18.1 Å². The van der Waals surface area contributed by atoms with E-state index in [-0.39, 0.29) is 18.7 Å². The van der Waals surface area contributed by atoms with Gasteiger partial charge in [-0.15, -0.1) is 5.10 Å². The van der Waals surface area contributed by atoms with Gasteiger partial charge in [0.25, 0.3) is 5.91 Å². The van der Waals surface area contributed by atoms with Crippen molar-refractivity contribution in [2.45, 2.75) is 13.1 Å². The summed E-state index contributed by atoms with van der Waals surface area (Å²) in [6, 6.07) is 3.78. The second kappa shape index (κ2) is 6.44. The molecule has 1 heterocycles. The van der Waals surface area contributed by atoms with E-state index in [1.807, 2.05) is 0 Å². The summed E-state index contributed by atoms with van der Waals surface area (Å²) < 4.78 is 14.7. The average Bonchev–Trinajstić information content (AvgIpc) is 2.85. The first-order valence-corrected chi connectivity index (χ1v) is 6.59. The van der Waals surface area contributed by atoms with E-state index >= 15 is 0 Å². The van der Waals surface area contributed by atoms with Crippen molar-refractivity contribution in [2.75, 3.05) is 0 Å². The molecule has 110 valence electrons. The molecule has 0 saturated heterocycles. The molecule has 7 nitrogen and oxygen atoms in total. The molecule has 2 N–H and O–H groups in total. The van der Waals surface area contributed by atoms with E-state index in [0.717, 1.165) is 10.7 Å². The molecule has 0 spiro atoms. The van der Waals surface area contributed by atoms with Crippen LogP contribution in [0.2, 0.25) is 0 Å². The fourth-order valence-corrected chi connectivity index (χ4v) is 2.00. The lowest BCUT2D eigenvalue weighted by Crippen LogP contribution is -2.23. The monoisotopic (exact) mass is 356 g/mol. The number of carbonyl (C=O) groups is 2. The predicted molar refractivity (Wildman–Crippen MR) is 72.9 cm³/mol.